The minimum Gasteiger partial charge on any atom is -0.768 e. The predicted octanol–water partition coefficient (Wildman–Crippen LogP) is -1.62. The van der Waals surface area contributed by atoms with Gasteiger partial charge in [-0.2, -0.15) is 0 Å². The Kier molecular flexibility index (Phi) is 3.86. The molecule has 1 unspecified atom stereocenters. The van der Waals surface area contributed by atoms with Gasteiger partial charge in [0.15, 0.2) is 11.5 Å². The third-order valence-corrected chi connectivity index (χ3v) is 2.30. The number of nitrogens with zero attached hydrogens (tertiary/aromatic N) is 1. The van der Waals surface area contributed by atoms with Crippen molar-refractivity contribution in [2.24, 2.45) is 0 Å². The molecule has 0 saturated heterocycles. The third kappa shape index (κ3) is 2.24. The Bertz CT molecular complexity index is 482. The number of rotatable bonds is 1. The van der Waals surface area contributed by atoms with Gasteiger partial charge in [0.2, 0.25) is 0 Å². The van der Waals surface area contributed by atoms with Gasteiger partial charge in [0.05, 0.1) is 0 Å². The van der Waals surface area contributed by atoms with Gasteiger partial charge in [-0.05, 0) is 29.3 Å². The monoisotopic (exact) mass is 219 g/mol. The fourth-order valence-corrected chi connectivity index (χ4v) is 1.51. The Labute approximate surface area is 105 Å². The van der Waals surface area contributed by atoms with Crippen LogP contribution in [0.2, 0.25) is 0 Å². The average molecular weight is 219 g/mol. The van der Waals surface area contributed by atoms with Gasteiger partial charge in [0, 0.05) is 11.8 Å². The maximum Gasteiger partial charge on any atom is 1.00 e. The normalized spacial score (nSPS) is 12.4. The number of benzene rings is 1. The minimum atomic E-state index is -2.21. The molecule has 2 aromatic rings. The van der Waals surface area contributed by atoms with Crippen molar-refractivity contribution in [3.05, 3.63) is 24.1 Å². The predicted molar refractivity (Wildman–Crippen MR) is 45.9 cm³/mol. The van der Waals surface area contributed by atoms with Crippen LogP contribution in [0, 0.1) is 6.92 Å². The van der Waals surface area contributed by atoms with Crippen molar-refractivity contribution < 1.29 is 42.7 Å². The molecule has 0 bridgehead atoms. The van der Waals surface area contributed by atoms with Crippen LogP contribution in [0.25, 0.3) is 11.1 Å². The van der Waals surface area contributed by atoms with E-state index in [0.29, 0.717) is 17.0 Å². The van der Waals surface area contributed by atoms with Gasteiger partial charge in [-0.3, -0.25) is 4.21 Å². The second-order valence-corrected chi connectivity index (χ2v) is 3.54. The molecule has 14 heavy (non-hydrogen) atoms. The van der Waals surface area contributed by atoms with Gasteiger partial charge in [-0.1, -0.05) is 0 Å². The van der Waals surface area contributed by atoms with Gasteiger partial charge >= 0.3 is 29.6 Å². The van der Waals surface area contributed by atoms with Crippen LogP contribution in [0.15, 0.2) is 27.5 Å². The summed E-state index contributed by atoms with van der Waals surface area (Å²) in [6.45, 7) is 1.72. The Morgan fingerprint density at radius 3 is 2.86 bits per heavy atom. The Morgan fingerprint density at radius 2 is 2.21 bits per heavy atom. The summed E-state index contributed by atoms with van der Waals surface area (Å²) in [6.07, 6.45) is 0. The molecule has 0 fully saturated rings. The van der Waals surface area contributed by atoms with E-state index in [1.807, 2.05) is 0 Å². The molecule has 1 heterocycles. The van der Waals surface area contributed by atoms with Crippen LogP contribution in [0.3, 0.4) is 0 Å². The zero-order valence-electron chi connectivity index (χ0n) is 7.81. The summed E-state index contributed by atoms with van der Waals surface area (Å²) in [5, 5.41) is 0. The summed E-state index contributed by atoms with van der Waals surface area (Å²) < 4.78 is 26.4. The van der Waals surface area contributed by atoms with Gasteiger partial charge < -0.3 is 8.97 Å². The van der Waals surface area contributed by atoms with E-state index in [1.54, 1.807) is 13.0 Å². The number of fused-ring (bicyclic) bond motifs is 1. The maximum atomic E-state index is 10.6. The summed E-state index contributed by atoms with van der Waals surface area (Å²) in [5.74, 6) is 0.531. The van der Waals surface area contributed by atoms with Crippen molar-refractivity contribution in [2.45, 2.75) is 11.8 Å². The van der Waals surface area contributed by atoms with E-state index in [4.69, 9.17) is 4.42 Å². The van der Waals surface area contributed by atoms with Crippen LogP contribution in [-0.4, -0.2) is 13.7 Å². The molecule has 0 aliphatic carbocycles. The number of aromatic nitrogens is 1. The van der Waals surface area contributed by atoms with Crippen molar-refractivity contribution >= 4 is 22.2 Å². The van der Waals surface area contributed by atoms with E-state index in [2.05, 4.69) is 4.98 Å². The molecule has 2 rings (SSSR count). The van der Waals surface area contributed by atoms with Gasteiger partial charge in [-0.15, -0.1) is 0 Å². The van der Waals surface area contributed by atoms with Crippen molar-refractivity contribution in [1.29, 1.82) is 0 Å². The zero-order valence-corrected chi connectivity index (χ0v) is 10.6. The molecule has 0 amide bonds. The smallest absolute Gasteiger partial charge is 0.768 e. The van der Waals surface area contributed by atoms with Crippen LogP contribution in [-0.2, 0) is 11.1 Å². The van der Waals surface area contributed by atoms with Crippen molar-refractivity contribution in [3.8, 4) is 0 Å². The molecule has 68 valence electrons. The van der Waals surface area contributed by atoms with Gasteiger partial charge in [0.25, 0.3) is 0 Å². The number of oxazole rings is 1. The van der Waals surface area contributed by atoms with Crippen LogP contribution < -0.4 is 29.6 Å². The molecular formula is C8H6NNaO3S. The Morgan fingerprint density at radius 1 is 1.50 bits per heavy atom. The zero-order chi connectivity index (χ0) is 9.42. The summed E-state index contributed by atoms with van der Waals surface area (Å²) in [5.41, 5.74) is 1.17. The number of hydrogen-bond donors (Lipinski definition) is 0. The molecule has 1 aromatic heterocycles. The fourth-order valence-electron chi connectivity index (χ4n) is 1.12. The van der Waals surface area contributed by atoms with Crippen LogP contribution in [0.1, 0.15) is 5.89 Å². The van der Waals surface area contributed by atoms with E-state index >= 15 is 0 Å². The molecule has 1 aromatic carbocycles. The molecule has 0 radical (unpaired) electrons. The molecule has 0 aliphatic heterocycles. The average Bonchev–Trinajstić information content (AvgIpc) is 2.42. The molecule has 0 N–H and O–H groups in total. The SMILES string of the molecule is Cc1nc2ccc(S(=O)[O-])cc2o1.[Na+]. The molecule has 6 heteroatoms. The summed E-state index contributed by atoms with van der Waals surface area (Å²) in [4.78, 5) is 4.26. The summed E-state index contributed by atoms with van der Waals surface area (Å²) in [7, 11) is 0. The van der Waals surface area contributed by atoms with E-state index in [1.165, 1.54) is 12.1 Å². The van der Waals surface area contributed by atoms with E-state index in [-0.39, 0.29) is 34.5 Å². The van der Waals surface area contributed by atoms with Crippen LogP contribution >= 0.6 is 0 Å². The first kappa shape index (κ1) is 11.9. The van der Waals surface area contributed by atoms with Crippen molar-refractivity contribution in [1.82, 2.24) is 4.98 Å². The van der Waals surface area contributed by atoms with Crippen LogP contribution in [0.5, 0.6) is 0 Å². The molecule has 4 nitrogen and oxygen atoms in total. The third-order valence-electron chi connectivity index (χ3n) is 1.66. The minimum absolute atomic E-state index is 0. The van der Waals surface area contributed by atoms with Gasteiger partial charge in [-0.25, -0.2) is 4.98 Å². The first-order chi connectivity index (χ1) is 6.16. The largest absolute Gasteiger partial charge is 1.00 e. The molecule has 0 aliphatic rings. The van der Waals surface area contributed by atoms with Crippen molar-refractivity contribution in [2.75, 3.05) is 0 Å². The van der Waals surface area contributed by atoms with E-state index in [9.17, 15) is 8.76 Å². The summed E-state index contributed by atoms with van der Waals surface area (Å²) >= 11 is -2.21. The summed E-state index contributed by atoms with van der Waals surface area (Å²) in [6, 6.07) is 4.57. The second kappa shape index (κ2) is 4.55. The maximum absolute atomic E-state index is 10.6. The van der Waals surface area contributed by atoms with Crippen LogP contribution in [0.4, 0.5) is 0 Å². The first-order valence-electron chi connectivity index (χ1n) is 3.63. The van der Waals surface area contributed by atoms with E-state index < -0.39 is 11.1 Å². The molecule has 1 atom stereocenters. The van der Waals surface area contributed by atoms with E-state index in [0.717, 1.165) is 0 Å². The Hall–Kier alpha value is -0.200. The fraction of sp³-hybridized carbons (Fsp3) is 0.125. The number of hydrogen-bond acceptors (Lipinski definition) is 4. The quantitative estimate of drug-likeness (QED) is 0.427. The Balaban J connectivity index is 0.000000980. The van der Waals surface area contributed by atoms with Crippen molar-refractivity contribution in [3.63, 3.8) is 0 Å². The number of aryl methyl sites for hydroxylation is 1. The molecular weight excluding hydrogens is 213 g/mol. The molecule has 0 saturated carbocycles. The standard InChI is InChI=1S/C8H7NO3S.Na/c1-5-9-7-3-2-6(13(10)11)4-8(7)12-5;/h2-4H,1H3,(H,10,11);/q;+1/p-1. The van der Waals surface area contributed by atoms with Gasteiger partial charge in [0.1, 0.15) is 5.52 Å². The first-order valence-corrected chi connectivity index (χ1v) is 4.71. The topological polar surface area (TPSA) is 66.2 Å². The molecule has 0 spiro atoms. The second-order valence-electron chi connectivity index (χ2n) is 2.60.